The average Bonchev–Trinajstić information content (AvgIpc) is 2.38. The molecule has 0 radical (unpaired) electrons. The molecular formula is C16H25N. The lowest BCUT2D eigenvalue weighted by Crippen LogP contribution is -2.25. The van der Waals surface area contributed by atoms with Gasteiger partial charge in [0, 0.05) is 6.04 Å². The fourth-order valence-corrected chi connectivity index (χ4v) is 3.07. The highest BCUT2D eigenvalue weighted by atomic mass is 14.9. The van der Waals surface area contributed by atoms with E-state index in [1.807, 2.05) is 0 Å². The lowest BCUT2D eigenvalue weighted by molar-refractivity contribution is 0.471. The maximum absolute atomic E-state index is 3.63. The van der Waals surface area contributed by atoms with E-state index in [0.717, 1.165) is 13.0 Å². The number of aryl methyl sites for hydroxylation is 3. The number of hydrogen-bond donors (Lipinski definition) is 1. The maximum Gasteiger partial charge on any atom is 0.0323 e. The standard InChI is InChI=1S/C16H25N/c1-4-12-10-14-8-7-9-16(17-6-3)15(14)11-13(12)5-2/h10-11,16-17H,4-9H2,1-3H3. The van der Waals surface area contributed by atoms with Crippen LogP contribution in [0.4, 0.5) is 0 Å². The molecule has 0 aliphatic heterocycles. The summed E-state index contributed by atoms with van der Waals surface area (Å²) in [6, 6.07) is 5.54. The summed E-state index contributed by atoms with van der Waals surface area (Å²) >= 11 is 0. The van der Waals surface area contributed by atoms with Gasteiger partial charge in [-0.05, 0) is 60.9 Å². The maximum atomic E-state index is 3.63. The van der Waals surface area contributed by atoms with E-state index in [2.05, 4.69) is 38.2 Å². The van der Waals surface area contributed by atoms with Gasteiger partial charge in [-0.3, -0.25) is 0 Å². The molecule has 1 unspecified atom stereocenters. The zero-order valence-electron chi connectivity index (χ0n) is 11.5. The van der Waals surface area contributed by atoms with Crippen LogP contribution in [0.1, 0.15) is 61.9 Å². The second-order valence-corrected chi connectivity index (χ2v) is 5.03. The first kappa shape index (κ1) is 12.6. The molecule has 0 saturated carbocycles. The molecule has 2 rings (SSSR count). The molecule has 1 aromatic rings. The predicted molar refractivity (Wildman–Crippen MR) is 74.6 cm³/mol. The molecule has 1 heteroatoms. The third kappa shape index (κ3) is 2.55. The molecule has 1 aliphatic rings. The SMILES string of the molecule is CCNC1CCCc2cc(CC)c(CC)cc21. The van der Waals surface area contributed by atoms with Gasteiger partial charge in [-0.15, -0.1) is 0 Å². The van der Waals surface area contributed by atoms with E-state index in [1.54, 1.807) is 22.3 Å². The van der Waals surface area contributed by atoms with Crippen LogP contribution in [-0.2, 0) is 19.3 Å². The van der Waals surface area contributed by atoms with Crippen LogP contribution in [0.5, 0.6) is 0 Å². The van der Waals surface area contributed by atoms with E-state index >= 15 is 0 Å². The molecule has 0 fully saturated rings. The summed E-state index contributed by atoms with van der Waals surface area (Å²) in [6.07, 6.45) is 6.24. The van der Waals surface area contributed by atoms with E-state index in [9.17, 15) is 0 Å². The molecule has 1 aliphatic carbocycles. The van der Waals surface area contributed by atoms with Crippen molar-refractivity contribution >= 4 is 0 Å². The number of rotatable bonds is 4. The Labute approximate surface area is 106 Å². The number of fused-ring (bicyclic) bond motifs is 1. The third-order valence-corrected chi connectivity index (χ3v) is 3.99. The highest BCUT2D eigenvalue weighted by Crippen LogP contribution is 2.32. The molecule has 0 aromatic heterocycles. The van der Waals surface area contributed by atoms with Crippen LogP contribution in [0.25, 0.3) is 0 Å². The molecule has 1 N–H and O–H groups in total. The third-order valence-electron chi connectivity index (χ3n) is 3.99. The first-order valence-electron chi connectivity index (χ1n) is 7.18. The molecule has 0 saturated heterocycles. The minimum Gasteiger partial charge on any atom is -0.310 e. The number of nitrogens with one attached hydrogen (secondary N) is 1. The second kappa shape index (κ2) is 5.68. The Bertz CT molecular complexity index is 381. The van der Waals surface area contributed by atoms with Crippen LogP contribution in [-0.4, -0.2) is 6.54 Å². The molecular weight excluding hydrogens is 206 g/mol. The van der Waals surface area contributed by atoms with Crippen LogP contribution in [0, 0.1) is 0 Å². The minimum absolute atomic E-state index is 0.597. The van der Waals surface area contributed by atoms with Crippen molar-refractivity contribution in [2.45, 2.75) is 58.9 Å². The van der Waals surface area contributed by atoms with E-state index in [-0.39, 0.29) is 0 Å². The predicted octanol–water partition coefficient (Wildman–Crippen LogP) is 3.80. The van der Waals surface area contributed by atoms with Crippen molar-refractivity contribution in [1.29, 1.82) is 0 Å². The van der Waals surface area contributed by atoms with Crippen LogP contribution in [0.15, 0.2) is 12.1 Å². The number of benzene rings is 1. The van der Waals surface area contributed by atoms with Crippen molar-refractivity contribution in [3.63, 3.8) is 0 Å². The Morgan fingerprint density at radius 3 is 2.47 bits per heavy atom. The highest BCUT2D eigenvalue weighted by Gasteiger charge is 2.20. The average molecular weight is 231 g/mol. The number of hydrogen-bond acceptors (Lipinski definition) is 1. The Morgan fingerprint density at radius 1 is 1.12 bits per heavy atom. The molecule has 94 valence electrons. The van der Waals surface area contributed by atoms with Gasteiger partial charge in [0.15, 0.2) is 0 Å². The van der Waals surface area contributed by atoms with Gasteiger partial charge in [-0.1, -0.05) is 32.9 Å². The Morgan fingerprint density at radius 2 is 1.82 bits per heavy atom. The zero-order valence-corrected chi connectivity index (χ0v) is 11.5. The summed E-state index contributed by atoms with van der Waals surface area (Å²) in [5.74, 6) is 0. The van der Waals surface area contributed by atoms with Gasteiger partial charge in [0.25, 0.3) is 0 Å². The summed E-state index contributed by atoms with van der Waals surface area (Å²) in [5.41, 5.74) is 6.28. The van der Waals surface area contributed by atoms with Gasteiger partial charge in [0.05, 0.1) is 0 Å². The zero-order chi connectivity index (χ0) is 12.3. The monoisotopic (exact) mass is 231 g/mol. The normalized spacial score (nSPS) is 19.1. The van der Waals surface area contributed by atoms with Crippen LogP contribution in [0.3, 0.4) is 0 Å². The summed E-state index contributed by atoms with van der Waals surface area (Å²) in [4.78, 5) is 0. The van der Waals surface area contributed by atoms with Gasteiger partial charge in [0.1, 0.15) is 0 Å². The molecule has 0 spiro atoms. The van der Waals surface area contributed by atoms with Crippen LogP contribution < -0.4 is 5.32 Å². The quantitative estimate of drug-likeness (QED) is 0.831. The fraction of sp³-hybridized carbons (Fsp3) is 0.625. The lowest BCUT2D eigenvalue weighted by Gasteiger charge is -2.28. The first-order chi connectivity index (χ1) is 8.30. The minimum atomic E-state index is 0.597. The summed E-state index contributed by atoms with van der Waals surface area (Å²) < 4.78 is 0. The Balaban J connectivity index is 2.39. The van der Waals surface area contributed by atoms with Crippen molar-refractivity contribution in [2.75, 3.05) is 6.54 Å². The van der Waals surface area contributed by atoms with Crippen LogP contribution in [0.2, 0.25) is 0 Å². The smallest absolute Gasteiger partial charge is 0.0323 e. The lowest BCUT2D eigenvalue weighted by atomic mass is 9.84. The largest absolute Gasteiger partial charge is 0.310 e. The summed E-state index contributed by atoms with van der Waals surface area (Å²) in [7, 11) is 0. The van der Waals surface area contributed by atoms with Gasteiger partial charge < -0.3 is 5.32 Å². The van der Waals surface area contributed by atoms with E-state index in [4.69, 9.17) is 0 Å². The van der Waals surface area contributed by atoms with E-state index < -0.39 is 0 Å². The Kier molecular flexibility index (Phi) is 4.22. The van der Waals surface area contributed by atoms with Gasteiger partial charge in [0.2, 0.25) is 0 Å². The van der Waals surface area contributed by atoms with Crippen molar-refractivity contribution < 1.29 is 0 Å². The Hall–Kier alpha value is -0.820. The molecule has 1 atom stereocenters. The van der Waals surface area contributed by atoms with Gasteiger partial charge in [-0.2, -0.15) is 0 Å². The van der Waals surface area contributed by atoms with Crippen molar-refractivity contribution in [2.24, 2.45) is 0 Å². The molecule has 1 aromatic carbocycles. The van der Waals surface area contributed by atoms with E-state index in [1.165, 1.54) is 25.7 Å². The first-order valence-corrected chi connectivity index (χ1v) is 7.18. The molecule has 1 nitrogen and oxygen atoms in total. The molecule has 0 bridgehead atoms. The van der Waals surface area contributed by atoms with Gasteiger partial charge >= 0.3 is 0 Å². The fourth-order valence-electron chi connectivity index (χ4n) is 3.07. The second-order valence-electron chi connectivity index (χ2n) is 5.03. The topological polar surface area (TPSA) is 12.0 Å². The molecule has 0 heterocycles. The van der Waals surface area contributed by atoms with Crippen LogP contribution >= 0.6 is 0 Å². The van der Waals surface area contributed by atoms with Crippen molar-refractivity contribution in [3.05, 3.63) is 34.4 Å². The van der Waals surface area contributed by atoms with Crippen molar-refractivity contribution in [1.82, 2.24) is 5.32 Å². The summed E-state index contributed by atoms with van der Waals surface area (Å²) in [6.45, 7) is 7.81. The molecule has 0 amide bonds. The van der Waals surface area contributed by atoms with Gasteiger partial charge in [-0.25, -0.2) is 0 Å². The van der Waals surface area contributed by atoms with Crippen molar-refractivity contribution in [3.8, 4) is 0 Å². The molecule has 17 heavy (non-hydrogen) atoms. The summed E-state index contributed by atoms with van der Waals surface area (Å²) in [5, 5.41) is 3.63. The highest BCUT2D eigenvalue weighted by molar-refractivity contribution is 5.41. The van der Waals surface area contributed by atoms with E-state index in [0.29, 0.717) is 6.04 Å².